The minimum Gasteiger partial charge on any atom is -0.342 e. The normalized spacial score (nSPS) is 22.8. The quantitative estimate of drug-likeness (QED) is 0.480. The first-order valence-electron chi connectivity index (χ1n) is 2.88. The fourth-order valence-electron chi connectivity index (χ4n) is 0.687. The van der Waals surface area contributed by atoms with Gasteiger partial charge in [-0.05, 0) is 13.8 Å². The van der Waals surface area contributed by atoms with E-state index in [-0.39, 0.29) is 5.54 Å². The second-order valence-corrected chi connectivity index (χ2v) is 2.61. The monoisotopic (exact) mass is 126 g/mol. The highest BCUT2D eigenvalue weighted by Gasteiger charge is 2.16. The fourth-order valence-corrected chi connectivity index (χ4v) is 0.687. The molecule has 0 saturated heterocycles. The summed E-state index contributed by atoms with van der Waals surface area (Å²) in [5, 5.41) is 3.66. The average Bonchev–Trinajstić information content (AvgIpc) is 1.60. The van der Waals surface area contributed by atoms with E-state index in [1.165, 1.54) is 0 Å². The Morgan fingerprint density at radius 3 is 2.56 bits per heavy atom. The van der Waals surface area contributed by atoms with Crippen LogP contribution >= 0.6 is 0 Å². The lowest BCUT2D eigenvalue weighted by atomic mass is 10.1. The maximum atomic E-state index is 4.73. The van der Waals surface area contributed by atoms with E-state index in [4.69, 9.17) is 4.84 Å². The van der Waals surface area contributed by atoms with Gasteiger partial charge in [0.15, 0.2) is 0 Å². The van der Waals surface area contributed by atoms with Gasteiger partial charge in [0.1, 0.15) is 0 Å². The van der Waals surface area contributed by atoms with Crippen LogP contribution in [0.15, 0.2) is 10.1 Å². The molecular formula is C6H10N2O. The molecule has 0 amide bonds. The molecule has 0 unspecified atom stereocenters. The predicted molar refractivity (Wildman–Crippen MR) is 36.8 cm³/mol. The number of nitrogens with zero attached hydrogens (tertiary/aromatic N) is 2. The predicted octanol–water partition coefficient (Wildman–Crippen LogP) is 1.20. The SMILES string of the molecule is CC1=NC(C)(C)C=NO1. The Kier molecular flexibility index (Phi) is 1.27. The minimum absolute atomic E-state index is 0.178. The van der Waals surface area contributed by atoms with Gasteiger partial charge in [-0.1, -0.05) is 5.16 Å². The van der Waals surface area contributed by atoms with Gasteiger partial charge >= 0.3 is 0 Å². The summed E-state index contributed by atoms with van der Waals surface area (Å²) in [6.07, 6.45) is 1.68. The summed E-state index contributed by atoms with van der Waals surface area (Å²) in [5.41, 5.74) is -0.178. The third-order valence-corrected chi connectivity index (χ3v) is 0.999. The van der Waals surface area contributed by atoms with Crippen LogP contribution in [-0.4, -0.2) is 17.7 Å². The van der Waals surface area contributed by atoms with Crippen molar-refractivity contribution in [3.8, 4) is 0 Å². The van der Waals surface area contributed by atoms with Crippen LogP contribution in [0.4, 0.5) is 0 Å². The molecule has 50 valence electrons. The summed E-state index contributed by atoms with van der Waals surface area (Å²) in [6.45, 7) is 5.74. The summed E-state index contributed by atoms with van der Waals surface area (Å²) < 4.78 is 0. The molecule has 0 aliphatic carbocycles. The Bertz CT molecular complexity index is 170. The molecule has 0 bridgehead atoms. The van der Waals surface area contributed by atoms with Crippen molar-refractivity contribution in [3.05, 3.63) is 0 Å². The molecule has 0 saturated carbocycles. The van der Waals surface area contributed by atoms with Gasteiger partial charge in [0.25, 0.3) is 0 Å². The maximum Gasteiger partial charge on any atom is 0.217 e. The largest absolute Gasteiger partial charge is 0.342 e. The highest BCUT2D eigenvalue weighted by molar-refractivity contribution is 5.81. The van der Waals surface area contributed by atoms with Gasteiger partial charge in [0.05, 0.1) is 11.8 Å². The first kappa shape index (κ1) is 6.26. The summed E-state index contributed by atoms with van der Waals surface area (Å²) in [5.74, 6) is 0.627. The maximum absolute atomic E-state index is 4.73. The minimum atomic E-state index is -0.178. The third-order valence-electron chi connectivity index (χ3n) is 0.999. The van der Waals surface area contributed by atoms with Crippen LogP contribution in [0.25, 0.3) is 0 Å². The highest BCUT2D eigenvalue weighted by Crippen LogP contribution is 2.09. The van der Waals surface area contributed by atoms with Crippen molar-refractivity contribution in [2.75, 3.05) is 0 Å². The van der Waals surface area contributed by atoms with Crippen molar-refractivity contribution in [1.29, 1.82) is 0 Å². The van der Waals surface area contributed by atoms with E-state index in [2.05, 4.69) is 10.1 Å². The van der Waals surface area contributed by atoms with Crippen LogP contribution < -0.4 is 0 Å². The van der Waals surface area contributed by atoms with Crippen molar-refractivity contribution >= 4 is 12.1 Å². The molecule has 0 radical (unpaired) electrons. The van der Waals surface area contributed by atoms with Crippen LogP contribution in [0, 0.1) is 0 Å². The smallest absolute Gasteiger partial charge is 0.217 e. The molecule has 1 aliphatic rings. The number of rotatable bonds is 0. The molecule has 0 aromatic carbocycles. The van der Waals surface area contributed by atoms with Gasteiger partial charge in [0, 0.05) is 6.92 Å². The Hall–Kier alpha value is -0.860. The van der Waals surface area contributed by atoms with Crippen molar-refractivity contribution in [2.24, 2.45) is 10.1 Å². The molecule has 0 aromatic heterocycles. The van der Waals surface area contributed by atoms with Gasteiger partial charge in [-0.3, -0.25) is 0 Å². The average molecular weight is 126 g/mol. The highest BCUT2D eigenvalue weighted by atomic mass is 16.6. The lowest BCUT2D eigenvalue weighted by Crippen LogP contribution is -2.24. The van der Waals surface area contributed by atoms with E-state index in [0.717, 1.165) is 0 Å². The van der Waals surface area contributed by atoms with Crippen molar-refractivity contribution in [3.63, 3.8) is 0 Å². The molecule has 3 nitrogen and oxygen atoms in total. The molecule has 9 heavy (non-hydrogen) atoms. The first-order valence-corrected chi connectivity index (χ1v) is 2.88. The van der Waals surface area contributed by atoms with Crippen LogP contribution in [0.5, 0.6) is 0 Å². The Morgan fingerprint density at radius 2 is 2.22 bits per heavy atom. The molecule has 3 heteroatoms. The summed E-state index contributed by atoms with van der Waals surface area (Å²) in [4.78, 5) is 8.89. The van der Waals surface area contributed by atoms with E-state index in [9.17, 15) is 0 Å². The Labute approximate surface area is 54.4 Å². The zero-order valence-electron chi connectivity index (χ0n) is 5.88. The van der Waals surface area contributed by atoms with Crippen molar-refractivity contribution in [2.45, 2.75) is 26.3 Å². The zero-order valence-corrected chi connectivity index (χ0v) is 5.88. The second kappa shape index (κ2) is 1.83. The number of hydrogen-bond donors (Lipinski definition) is 0. The molecule has 1 aliphatic heterocycles. The topological polar surface area (TPSA) is 34.0 Å². The Balaban J connectivity index is 2.78. The molecule has 0 spiro atoms. The third kappa shape index (κ3) is 1.52. The molecule has 0 fully saturated rings. The van der Waals surface area contributed by atoms with Crippen molar-refractivity contribution in [1.82, 2.24) is 0 Å². The second-order valence-electron chi connectivity index (χ2n) is 2.61. The van der Waals surface area contributed by atoms with Crippen LogP contribution in [-0.2, 0) is 4.84 Å². The lowest BCUT2D eigenvalue weighted by molar-refractivity contribution is 0.308. The van der Waals surface area contributed by atoms with Crippen LogP contribution in [0.3, 0.4) is 0 Å². The standard InChI is InChI=1S/C6H10N2O/c1-5-8-6(2,3)4-7-9-5/h4H,1-3H3. The Morgan fingerprint density at radius 1 is 1.56 bits per heavy atom. The van der Waals surface area contributed by atoms with Gasteiger partial charge in [0.2, 0.25) is 5.90 Å². The molecular weight excluding hydrogens is 116 g/mol. The summed E-state index contributed by atoms with van der Waals surface area (Å²) in [7, 11) is 0. The lowest BCUT2D eigenvalue weighted by Gasteiger charge is -2.16. The van der Waals surface area contributed by atoms with E-state index >= 15 is 0 Å². The number of hydrogen-bond acceptors (Lipinski definition) is 3. The molecule has 1 heterocycles. The first-order chi connectivity index (χ1) is 4.10. The number of aliphatic imine (C=N–C) groups is 1. The molecule has 0 atom stereocenters. The van der Waals surface area contributed by atoms with Gasteiger partial charge in [-0.25, -0.2) is 4.99 Å². The van der Waals surface area contributed by atoms with E-state index < -0.39 is 0 Å². The van der Waals surface area contributed by atoms with Gasteiger partial charge in [-0.15, -0.1) is 0 Å². The van der Waals surface area contributed by atoms with Crippen LogP contribution in [0.2, 0.25) is 0 Å². The molecule has 0 N–H and O–H groups in total. The molecule has 0 aromatic rings. The molecule has 1 rings (SSSR count). The van der Waals surface area contributed by atoms with E-state index in [1.807, 2.05) is 13.8 Å². The van der Waals surface area contributed by atoms with Crippen molar-refractivity contribution < 1.29 is 4.84 Å². The summed E-state index contributed by atoms with van der Waals surface area (Å²) >= 11 is 0. The fraction of sp³-hybridized carbons (Fsp3) is 0.667. The number of oxime groups is 1. The zero-order chi connectivity index (χ0) is 6.91. The van der Waals surface area contributed by atoms with E-state index in [0.29, 0.717) is 5.90 Å². The summed E-state index contributed by atoms with van der Waals surface area (Å²) in [6, 6.07) is 0. The van der Waals surface area contributed by atoms with E-state index in [1.54, 1.807) is 13.1 Å². The van der Waals surface area contributed by atoms with Crippen LogP contribution in [0.1, 0.15) is 20.8 Å². The van der Waals surface area contributed by atoms with Gasteiger partial charge in [-0.2, -0.15) is 0 Å². The van der Waals surface area contributed by atoms with Gasteiger partial charge < -0.3 is 4.84 Å².